The molecule has 1 heterocycles. The van der Waals surface area contributed by atoms with Gasteiger partial charge in [0.05, 0.1) is 6.61 Å². The molecule has 0 aliphatic rings. The van der Waals surface area contributed by atoms with Crippen LogP contribution in [-0.4, -0.2) is 30.7 Å². The van der Waals surface area contributed by atoms with Gasteiger partial charge in [-0.3, -0.25) is 10.1 Å². The predicted molar refractivity (Wildman–Crippen MR) is 114 cm³/mol. The van der Waals surface area contributed by atoms with Crippen molar-refractivity contribution < 1.29 is 27.4 Å². The maximum atomic E-state index is 13.9. The van der Waals surface area contributed by atoms with E-state index in [0.717, 1.165) is 6.07 Å². The molecule has 0 bridgehead atoms. The van der Waals surface area contributed by atoms with Crippen molar-refractivity contribution in [2.24, 2.45) is 0 Å². The van der Waals surface area contributed by atoms with Gasteiger partial charge < -0.3 is 9.47 Å². The first-order valence-corrected chi connectivity index (χ1v) is 10.1. The molecule has 0 radical (unpaired) electrons. The fraction of sp³-hybridized carbons (Fsp3) is 0.182. The minimum atomic E-state index is -1.28. The van der Waals surface area contributed by atoms with Crippen LogP contribution in [0.25, 0.3) is 12.2 Å². The average molecular weight is 448 g/mol. The molecule has 0 saturated heterocycles. The summed E-state index contributed by atoms with van der Waals surface area (Å²) in [5.74, 6) is -3.39. The lowest BCUT2D eigenvalue weighted by Crippen LogP contribution is -2.18. The molecule has 0 aliphatic carbocycles. The van der Waals surface area contributed by atoms with Crippen molar-refractivity contribution in [2.75, 3.05) is 19.0 Å². The van der Waals surface area contributed by atoms with Crippen LogP contribution in [0.4, 0.5) is 18.3 Å². The van der Waals surface area contributed by atoms with Gasteiger partial charge in [0, 0.05) is 35.9 Å². The number of amides is 1. The monoisotopic (exact) mass is 448 g/mol. The maximum absolute atomic E-state index is 13.9. The molecule has 0 aliphatic heterocycles. The van der Waals surface area contributed by atoms with Gasteiger partial charge in [0.2, 0.25) is 0 Å². The summed E-state index contributed by atoms with van der Waals surface area (Å²) in [4.78, 5) is 16.7. The standard InChI is InChI=1S/C22H19F3N2O3S/c1-13(12-29-2)30-18-8-14(3-4-15-9-17(23)11-19(24)20(15)25)7-16(10-18)21(28)27-22-26-5-6-31-22/h3-11,13H,12H2,1-2H3,(H,26,27,28)/t13-/m0/s1. The molecule has 31 heavy (non-hydrogen) atoms. The molecule has 162 valence electrons. The molecule has 2 aromatic carbocycles. The lowest BCUT2D eigenvalue weighted by atomic mass is 10.1. The maximum Gasteiger partial charge on any atom is 0.257 e. The third-order valence-electron chi connectivity index (χ3n) is 4.06. The summed E-state index contributed by atoms with van der Waals surface area (Å²) >= 11 is 1.27. The van der Waals surface area contributed by atoms with E-state index in [2.05, 4.69) is 10.3 Å². The van der Waals surface area contributed by atoms with Crippen molar-refractivity contribution in [3.8, 4) is 5.75 Å². The van der Waals surface area contributed by atoms with Crippen LogP contribution in [0.2, 0.25) is 0 Å². The van der Waals surface area contributed by atoms with E-state index in [-0.39, 0.29) is 17.2 Å². The molecule has 1 N–H and O–H groups in total. The number of anilines is 1. The highest BCUT2D eigenvalue weighted by Crippen LogP contribution is 2.23. The van der Waals surface area contributed by atoms with Gasteiger partial charge in [0.15, 0.2) is 16.8 Å². The Bertz CT molecular complexity index is 1090. The molecule has 0 saturated carbocycles. The molecule has 0 unspecified atom stereocenters. The van der Waals surface area contributed by atoms with Crippen LogP contribution in [0, 0.1) is 17.5 Å². The second kappa shape index (κ2) is 10.2. The summed E-state index contributed by atoms with van der Waals surface area (Å²) in [6.07, 6.45) is 3.92. The van der Waals surface area contributed by atoms with E-state index in [1.165, 1.54) is 23.5 Å². The number of rotatable bonds is 8. The van der Waals surface area contributed by atoms with Gasteiger partial charge >= 0.3 is 0 Å². The number of aromatic nitrogens is 1. The quantitative estimate of drug-likeness (QED) is 0.370. The highest BCUT2D eigenvalue weighted by molar-refractivity contribution is 7.13. The predicted octanol–water partition coefficient (Wildman–Crippen LogP) is 5.40. The highest BCUT2D eigenvalue weighted by Gasteiger charge is 2.13. The van der Waals surface area contributed by atoms with E-state index in [1.807, 2.05) is 0 Å². The number of nitrogens with zero attached hydrogens (tertiary/aromatic N) is 1. The van der Waals surface area contributed by atoms with Crippen molar-refractivity contribution in [1.82, 2.24) is 4.98 Å². The van der Waals surface area contributed by atoms with Gasteiger partial charge in [-0.25, -0.2) is 18.2 Å². The van der Waals surface area contributed by atoms with E-state index < -0.39 is 23.4 Å². The number of hydrogen-bond acceptors (Lipinski definition) is 5. The number of thiazole rings is 1. The van der Waals surface area contributed by atoms with Gasteiger partial charge in [0.1, 0.15) is 17.7 Å². The first kappa shape index (κ1) is 22.5. The highest BCUT2D eigenvalue weighted by atomic mass is 32.1. The summed E-state index contributed by atoms with van der Waals surface area (Å²) in [7, 11) is 1.54. The summed E-state index contributed by atoms with van der Waals surface area (Å²) in [6, 6.07) is 6.07. The lowest BCUT2D eigenvalue weighted by Gasteiger charge is -2.15. The Hall–Kier alpha value is -3.17. The minimum absolute atomic E-state index is 0.259. The molecule has 5 nitrogen and oxygen atoms in total. The van der Waals surface area contributed by atoms with Gasteiger partial charge in [-0.05, 0) is 36.8 Å². The van der Waals surface area contributed by atoms with Crippen molar-refractivity contribution >= 4 is 34.5 Å². The molecule has 0 spiro atoms. The van der Waals surface area contributed by atoms with Crippen LogP contribution >= 0.6 is 11.3 Å². The fourth-order valence-electron chi connectivity index (χ4n) is 2.76. The Balaban J connectivity index is 1.93. The molecule has 9 heteroatoms. The van der Waals surface area contributed by atoms with Crippen molar-refractivity contribution in [1.29, 1.82) is 0 Å². The topological polar surface area (TPSA) is 60.5 Å². The number of methoxy groups -OCH3 is 1. The van der Waals surface area contributed by atoms with Gasteiger partial charge in [0.25, 0.3) is 5.91 Å². The van der Waals surface area contributed by atoms with Crippen LogP contribution in [0.1, 0.15) is 28.4 Å². The van der Waals surface area contributed by atoms with Crippen molar-refractivity contribution in [3.05, 3.63) is 76.1 Å². The van der Waals surface area contributed by atoms with Crippen molar-refractivity contribution in [3.63, 3.8) is 0 Å². The average Bonchev–Trinajstić information content (AvgIpc) is 3.22. The minimum Gasteiger partial charge on any atom is -0.488 e. The zero-order chi connectivity index (χ0) is 22.4. The lowest BCUT2D eigenvalue weighted by molar-refractivity contribution is 0.0917. The first-order valence-electron chi connectivity index (χ1n) is 9.20. The number of nitrogens with one attached hydrogen (secondary N) is 1. The SMILES string of the molecule is COC[C@H](C)Oc1cc(C=Cc2cc(F)cc(F)c2F)cc(C(=O)Nc2nccs2)c1. The molecule has 1 amide bonds. The van der Waals surface area contributed by atoms with E-state index in [1.54, 1.807) is 43.8 Å². The molecular weight excluding hydrogens is 429 g/mol. The zero-order valence-corrected chi connectivity index (χ0v) is 17.5. The summed E-state index contributed by atoms with van der Waals surface area (Å²) < 4.78 is 51.7. The molecule has 3 aromatic rings. The van der Waals surface area contributed by atoms with Crippen LogP contribution < -0.4 is 10.1 Å². The second-order valence-electron chi connectivity index (χ2n) is 6.59. The van der Waals surface area contributed by atoms with E-state index in [0.29, 0.717) is 29.1 Å². The normalized spacial score (nSPS) is 12.2. The zero-order valence-electron chi connectivity index (χ0n) is 16.7. The number of halogens is 3. The molecule has 1 aromatic heterocycles. The Morgan fingerprint density at radius 3 is 2.71 bits per heavy atom. The number of ether oxygens (including phenoxy) is 2. The Morgan fingerprint density at radius 1 is 1.19 bits per heavy atom. The Kier molecular flexibility index (Phi) is 7.43. The van der Waals surface area contributed by atoms with Crippen molar-refractivity contribution in [2.45, 2.75) is 13.0 Å². The van der Waals surface area contributed by atoms with Gasteiger partial charge in [-0.1, -0.05) is 12.2 Å². The van der Waals surface area contributed by atoms with Gasteiger partial charge in [-0.15, -0.1) is 11.3 Å². The third-order valence-corrected chi connectivity index (χ3v) is 4.75. The number of carbonyl (C=O) groups is 1. The summed E-state index contributed by atoms with van der Waals surface area (Å²) in [6.45, 7) is 2.13. The molecule has 3 rings (SSSR count). The third kappa shape index (κ3) is 6.16. The first-order chi connectivity index (χ1) is 14.9. The van der Waals surface area contributed by atoms with E-state index in [4.69, 9.17) is 9.47 Å². The van der Waals surface area contributed by atoms with Gasteiger partial charge in [-0.2, -0.15) is 0 Å². The number of carbonyl (C=O) groups excluding carboxylic acids is 1. The Labute approximate surface area is 181 Å². The summed E-state index contributed by atoms with van der Waals surface area (Å²) in [5, 5.41) is 4.83. The second-order valence-corrected chi connectivity index (χ2v) is 7.48. The summed E-state index contributed by atoms with van der Waals surface area (Å²) in [5.41, 5.74) is 0.476. The number of benzene rings is 2. The van der Waals surface area contributed by atoms with E-state index >= 15 is 0 Å². The Morgan fingerprint density at radius 2 is 2.00 bits per heavy atom. The number of hydrogen-bond donors (Lipinski definition) is 1. The molecular formula is C22H19F3N2O3S. The van der Waals surface area contributed by atoms with Crippen LogP contribution in [0.3, 0.4) is 0 Å². The van der Waals surface area contributed by atoms with Crippen LogP contribution in [0.15, 0.2) is 41.9 Å². The van der Waals surface area contributed by atoms with E-state index in [9.17, 15) is 18.0 Å². The largest absolute Gasteiger partial charge is 0.488 e. The fourth-order valence-corrected chi connectivity index (χ4v) is 3.28. The van der Waals surface area contributed by atoms with Crippen LogP contribution in [-0.2, 0) is 4.74 Å². The van der Waals surface area contributed by atoms with Crippen LogP contribution in [0.5, 0.6) is 5.75 Å². The molecule has 1 atom stereocenters. The molecule has 0 fully saturated rings. The smallest absolute Gasteiger partial charge is 0.257 e.